The number of carbonyl (C=O) groups excluding carboxylic acids is 1. The van der Waals surface area contributed by atoms with E-state index in [1.165, 1.54) is 4.88 Å². The first-order valence-electron chi connectivity index (χ1n) is 5.60. The molecule has 0 radical (unpaired) electrons. The summed E-state index contributed by atoms with van der Waals surface area (Å²) in [7, 11) is 0. The first kappa shape index (κ1) is 13.2. The Morgan fingerprint density at radius 2 is 2.19 bits per heavy atom. The first-order valence-corrected chi connectivity index (χ1v) is 6.48. The van der Waals surface area contributed by atoms with Gasteiger partial charge in [0, 0.05) is 17.3 Å². The Hall–Kier alpha value is -0.870. The summed E-state index contributed by atoms with van der Waals surface area (Å²) in [5.74, 6) is 0.295. The fourth-order valence-corrected chi connectivity index (χ4v) is 2.39. The maximum Gasteiger partial charge on any atom is 0.224 e. The van der Waals surface area contributed by atoms with Gasteiger partial charge >= 0.3 is 0 Å². The predicted molar refractivity (Wildman–Crippen MR) is 68.3 cm³/mol. The lowest BCUT2D eigenvalue weighted by molar-refractivity contribution is -0.125. The van der Waals surface area contributed by atoms with Crippen molar-refractivity contribution in [1.82, 2.24) is 5.32 Å². The third-order valence-electron chi connectivity index (χ3n) is 2.62. The first-order chi connectivity index (χ1) is 7.56. The normalized spacial score (nSPS) is 14.8. The number of hydrogen-bond donors (Lipinski definition) is 2. The second-order valence-electron chi connectivity index (χ2n) is 4.38. The number of hydrogen-bond acceptors (Lipinski definition) is 3. The molecule has 0 spiro atoms. The van der Waals surface area contributed by atoms with Crippen molar-refractivity contribution in [3.63, 3.8) is 0 Å². The van der Waals surface area contributed by atoms with E-state index in [4.69, 9.17) is 5.73 Å². The zero-order chi connectivity index (χ0) is 12.1. The molecule has 0 fully saturated rings. The van der Waals surface area contributed by atoms with E-state index in [1.807, 2.05) is 18.4 Å². The van der Waals surface area contributed by atoms with Crippen LogP contribution in [0.15, 0.2) is 17.5 Å². The second-order valence-corrected chi connectivity index (χ2v) is 5.36. The van der Waals surface area contributed by atoms with Gasteiger partial charge in [0.1, 0.15) is 0 Å². The van der Waals surface area contributed by atoms with Crippen molar-refractivity contribution < 1.29 is 4.79 Å². The summed E-state index contributed by atoms with van der Waals surface area (Å²) < 4.78 is 0. The van der Waals surface area contributed by atoms with E-state index >= 15 is 0 Å². The van der Waals surface area contributed by atoms with Gasteiger partial charge in [-0.1, -0.05) is 26.8 Å². The van der Waals surface area contributed by atoms with Gasteiger partial charge < -0.3 is 11.1 Å². The Morgan fingerprint density at radius 1 is 1.50 bits per heavy atom. The fourth-order valence-electron chi connectivity index (χ4n) is 1.44. The van der Waals surface area contributed by atoms with Crippen LogP contribution in [0.3, 0.4) is 0 Å². The smallest absolute Gasteiger partial charge is 0.224 e. The van der Waals surface area contributed by atoms with Crippen molar-refractivity contribution in [1.29, 1.82) is 0 Å². The summed E-state index contributed by atoms with van der Waals surface area (Å²) in [6.07, 6.45) is 0. The molecule has 0 bridgehead atoms. The summed E-state index contributed by atoms with van der Waals surface area (Å²) in [5.41, 5.74) is 5.49. The molecule has 2 atom stereocenters. The molecule has 4 heteroatoms. The number of nitrogens with one attached hydrogen (secondary N) is 1. The van der Waals surface area contributed by atoms with E-state index in [2.05, 4.69) is 25.2 Å². The molecule has 0 aromatic carbocycles. The fraction of sp³-hybridized carbons (Fsp3) is 0.583. The molecule has 1 heterocycles. The van der Waals surface area contributed by atoms with E-state index in [0.717, 1.165) is 0 Å². The van der Waals surface area contributed by atoms with Gasteiger partial charge in [-0.3, -0.25) is 4.79 Å². The Bertz CT molecular complexity index is 322. The highest BCUT2D eigenvalue weighted by Crippen LogP contribution is 2.25. The van der Waals surface area contributed by atoms with Gasteiger partial charge in [0.15, 0.2) is 0 Å². The van der Waals surface area contributed by atoms with Gasteiger partial charge in [-0.05, 0) is 17.4 Å². The molecule has 0 saturated carbocycles. The molecule has 0 aliphatic carbocycles. The van der Waals surface area contributed by atoms with Gasteiger partial charge in [0.25, 0.3) is 0 Å². The van der Waals surface area contributed by atoms with Crippen molar-refractivity contribution in [2.24, 2.45) is 17.6 Å². The minimum atomic E-state index is -0.124. The SMILES string of the molecule is CC(CN)C(=O)NC(c1cccs1)C(C)C. The van der Waals surface area contributed by atoms with Crippen molar-refractivity contribution in [3.05, 3.63) is 22.4 Å². The topological polar surface area (TPSA) is 55.1 Å². The lowest BCUT2D eigenvalue weighted by atomic mass is 10.0. The average molecular weight is 240 g/mol. The van der Waals surface area contributed by atoms with E-state index in [0.29, 0.717) is 12.5 Å². The van der Waals surface area contributed by atoms with E-state index in [9.17, 15) is 4.79 Å². The van der Waals surface area contributed by atoms with Crippen LogP contribution in [0.2, 0.25) is 0 Å². The maximum absolute atomic E-state index is 11.8. The summed E-state index contributed by atoms with van der Waals surface area (Å²) in [6, 6.07) is 4.16. The third-order valence-corrected chi connectivity index (χ3v) is 3.57. The average Bonchev–Trinajstić information content (AvgIpc) is 2.76. The minimum Gasteiger partial charge on any atom is -0.348 e. The molecule has 2 unspecified atom stereocenters. The molecule has 3 nitrogen and oxygen atoms in total. The van der Waals surface area contributed by atoms with Crippen molar-refractivity contribution in [3.8, 4) is 0 Å². The highest BCUT2D eigenvalue weighted by molar-refractivity contribution is 7.10. The molecule has 0 aliphatic heterocycles. The van der Waals surface area contributed by atoms with Crippen LogP contribution in [0.5, 0.6) is 0 Å². The number of rotatable bonds is 5. The number of thiophene rings is 1. The molecule has 3 N–H and O–H groups in total. The van der Waals surface area contributed by atoms with Crippen LogP contribution in [0, 0.1) is 11.8 Å². The Balaban J connectivity index is 2.70. The molecular weight excluding hydrogens is 220 g/mol. The molecule has 1 amide bonds. The van der Waals surface area contributed by atoms with Crippen LogP contribution in [-0.2, 0) is 4.79 Å². The zero-order valence-corrected chi connectivity index (χ0v) is 10.9. The van der Waals surface area contributed by atoms with Crippen LogP contribution >= 0.6 is 11.3 Å². The monoisotopic (exact) mass is 240 g/mol. The molecule has 1 aromatic rings. The lowest BCUT2D eigenvalue weighted by Crippen LogP contribution is -2.37. The van der Waals surface area contributed by atoms with Gasteiger partial charge in [-0.25, -0.2) is 0 Å². The quantitative estimate of drug-likeness (QED) is 0.828. The van der Waals surface area contributed by atoms with Gasteiger partial charge in [0.2, 0.25) is 5.91 Å². The highest BCUT2D eigenvalue weighted by Gasteiger charge is 2.21. The molecule has 90 valence electrons. The van der Waals surface area contributed by atoms with Gasteiger partial charge in [0.05, 0.1) is 6.04 Å². The van der Waals surface area contributed by atoms with Crippen LogP contribution in [0.4, 0.5) is 0 Å². The minimum absolute atomic E-state index is 0.0367. The summed E-state index contributed by atoms with van der Waals surface area (Å²) in [6.45, 7) is 6.46. The van der Waals surface area contributed by atoms with E-state index in [-0.39, 0.29) is 17.9 Å². The highest BCUT2D eigenvalue weighted by atomic mass is 32.1. The zero-order valence-electron chi connectivity index (χ0n) is 10.1. The summed E-state index contributed by atoms with van der Waals surface area (Å²) in [5, 5.41) is 5.09. The molecular formula is C12H20N2OS. The molecule has 1 rings (SSSR count). The molecule has 0 aliphatic rings. The van der Waals surface area contributed by atoms with Crippen LogP contribution in [0.1, 0.15) is 31.7 Å². The third kappa shape index (κ3) is 3.32. The molecule has 0 saturated heterocycles. The summed E-state index contributed by atoms with van der Waals surface area (Å²) >= 11 is 1.67. The lowest BCUT2D eigenvalue weighted by Gasteiger charge is -2.22. The number of nitrogens with two attached hydrogens (primary N) is 1. The largest absolute Gasteiger partial charge is 0.348 e. The van der Waals surface area contributed by atoms with E-state index in [1.54, 1.807) is 11.3 Å². The van der Waals surface area contributed by atoms with Crippen LogP contribution in [-0.4, -0.2) is 12.5 Å². The van der Waals surface area contributed by atoms with Crippen molar-refractivity contribution in [2.45, 2.75) is 26.8 Å². The van der Waals surface area contributed by atoms with Crippen molar-refractivity contribution in [2.75, 3.05) is 6.54 Å². The van der Waals surface area contributed by atoms with Gasteiger partial charge in [-0.2, -0.15) is 0 Å². The van der Waals surface area contributed by atoms with Gasteiger partial charge in [-0.15, -0.1) is 11.3 Å². The molecule has 1 aromatic heterocycles. The Labute approximate surface area is 101 Å². The predicted octanol–water partition coefficient (Wildman–Crippen LogP) is 2.16. The number of amides is 1. The maximum atomic E-state index is 11.8. The second kappa shape index (κ2) is 6.01. The standard InChI is InChI=1S/C12H20N2OS/c1-8(2)11(10-5-4-6-16-10)14-12(15)9(3)7-13/h4-6,8-9,11H,7,13H2,1-3H3,(H,14,15). The number of carbonyl (C=O) groups is 1. The Morgan fingerprint density at radius 3 is 2.62 bits per heavy atom. The van der Waals surface area contributed by atoms with E-state index < -0.39 is 0 Å². The molecule has 16 heavy (non-hydrogen) atoms. The van der Waals surface area contributed by atoms with Crippen molar-refractivity contribution >= 4 is 17.2 Å². The van der Waals surface area contributed by atoms with Crippen LogP contribution in [0.25, 0.3) is 0 Å². The van der Waals surface area contributed by atoms with Crippen LogP contribution < -0.4 is 11.1 Å². The Kier molecular flexibility index (Phi) is 4.96. The summed E-state index contributed by atoms with van der Waals surface area (Å²) in [4.78, 5) is 13.0.